The number of imidazole rings is 1. The Labute approximate surface area is 227 Å². The molecule has 0 saturated carbocycles. The summed E-state index contributed by atoms with van der Waals surface area (Å²) < 4.78 is 4.96. The van der Waals surface area contributed by atoms with Crippen LogP contribution >= 0.6 is 0 Å². The van der Waals surface area contributed by atoms with E-state index in [-0.39, 0.29) is 7.43 Å². The van der Waals surface area contributed by atoms with Crippen LogP contribution < -0.4 is 4.57 Å². The lowest BCUT2D eigenvalue weighted by Crippen LogP contribution is -2.30. The fourth-order valence-corrected chi connectivity index (χ4v) is 6.14. The van der Waals surface area contributed by atoms with Gasteiger partial charge in [0.05, 0.1) is 18.3 Å². The molecule has 0 bridgehead atoms. The molecule has 0 fully saturated rings. The van der Waals surface area contributed by atoms with E-state index in [0.717, 1.165) is 12.1 Å². The highest BCUT2D eigenvalue weighted by molar-refractivity contribution is 5.89. The molecule has 0 spiro atoms. The predicted molar refractivity (Wildman–Crippen MR) is 160 cm³/mol. The van der Waals surface area contributed by atoms with Crippen molar-refractivity contribution in [3.05, 3.63) is 100 Å². The number of hydrogen-bond acceptors (Lipinski definition) is 1. The molecule has 0 N–H and O–H groups in total. The van der Waals surface area contributed by atoms with Gasteiger partial charge in [-0.05, 0) is 66.6 Å². The molecule has 194 valence electrons. The van der Waals surface area contributed by atoms with Crippen LogP contribution in [-0.4, -0.2) is 9.55 Å². The van der Waals surface area contributed by atoms with Gasteiger partial charge in [-0.1, -0.05) is 77.6 Å². The van der Waals surface area contributed by atoms with Crippen LogP contribution in [0.3, 0.4) is 0 Å². The van der Waals surface area contributed by atoms with Crippen LogP contribution in [0.25, 0.3) is 39.2 Å². The zero-order chi connectivity index (χ0) is 26.0. The molecule has 1 aliphatic rings. The number of benzene rings is 3. The molecule has 0 unspecified atom stereocenters. The Kier molecular flexibility index (Phi) is 6.51. The van der Waals surface area contributed by atoms with Crippen LogP contribution in [0.2, 0.25) is 0 Å². The van der Waals surface area contributed by atoms with Crippen molar-refractivity contribution in [2.45, 2.75) is 67.2 Å². The van der Waals surface area contributed by atoms with Crippen molar-refractivity contribution >= 4 is 11.0 Å². The van der Waals surface area contributed by atoms with Gasteiger partial charge in [0.2, 0.25) is 0 Å². The first kappa shape index (κ1) is 25.9. The Bertz CT molecular complexity index is 1660. The van der Waals surface area contributed by atoms with E-state index in [4.69, 9.17) is 4.98 Å². The predicted octanol–water partition coefficient (Wildman–Crippen LogP) is 8.59. The van der Waals surface area contributed by atoms with E-state index < -0.39 is 0 Å². The summed E-state index contributed by atoms with van der Waals surface area (Å²) in [6.07, 6.45) is 0.889. The molecule has 38 heavy (non-hydrogen) atoms. The highest BCUT2D eigenvalue weighted by atomic mass is 15.2. The fourth-order valence-electron chi connectivity index (χ4n) is 6.14. The maximum Gasteiger partial charge on any atom is 0.295 e. The standard InChI is InChI=1S/C34H36N3.CH4/c1-20(2)25-13-10-14-26(21(3)4)33(25)37-32-18-24-17-30-28(16-15-23(6)35-30)29(24)19-31(32)36(7)34(37)27-12-9-8-11-22(27)5;/h8-16,18-21H,17H2,1-7H3;1H4/q+1;. The molecule has 2 heterocycles. The van der Waals surface area contributed by atoms with Crippen LogP contribution in [0.5, 0.6) is 0 Å². The van der Waals surface area contributed by atoms with Crippen molar-refractivity contribution in [3.8, 4) is 28.2 Å². The summed E-state index contributed by atoms with van der Waals surface area (Å²) in [5, 5.41) is 0. The third-order valence-electron chi connectivity index (χ3n) is 8.05. The van der Waals surface area contributed by atoms with Crippen LogP contribution in [0.15, 0.2) is 66.7 Å². The SMILES string of the molecule is C.Cc1ccc2c(n1)Cc1cc3c(cc1-2)[n+](C)c(-c1ccccc1C)n3-c1c(C(C)C)cccc1C(C)C. The minimum absolute atomic E-state index is 0. The first-order valence-electron chi connectivity index (χ1n) is 13.5. The van der Waals surface area contributed by atoms with Gasteiger partial charge in [0.25, 0.3) is 5.82 Å². The lowest BCUT2D eigenvalue weighted by atomic mass is 9.92. The number of pyridine rings is 1. The normalized spacial score (nSPS) is 12.2. The van der Waals surface area contributed by atoms with Gasteiger partial charge >= 0.3 is 0 Å². The second kappa shape index (κ2) is 9.54. The molecular weight excluding hydrogens is 462 g/mol. The summed E-state index contributed by atoms with van der Waals surface area (Å²) in [4.78, 5) is 4.88. The molecule has 6 rings (SSSR count). The number of aryl methyl sites for hydroxylation is 3. The molecule has 0 amide bonds. The van der Waals surface area contributed by atoms with Gasteiger partial charge in [-0.25, -0.2) is 4.57 Å². The highest BCUT2D eigenvalue weighted by Crippen LogP contribution is 2.41. The maximum atomic E-state index is 4.88. The molecule has 3 aromatic carbocycles. The van der Waals surface area contributed by atoms with Crippen molar-refractivity contribution in [3.63, 3.8) is 0 Å². The lowest BCUT2D eigenvalue weighted by molar-refractivity contribution is -0.633. The number of hydrogen-bond donors (Lipinski definition) is 0. The van der Waals surface area contributed by atoms with Gasteiger partial charge in [-0.2, -0.15) is 4.57 Å². The highest BCUT2D eigenvalue weighted by Gasteiger charge is 2.33. The van der Waals surface area contributed by atoms with Crippen LogP contribution in [-0.2, 0) is 13.5 Å². The van der Waals surface area contributed by atoms with Gasteiger partial charge in [0, 0.05) is 28.8 Å². The number of para-hydroxylation sites is 1. The van der Waals surface area contributed by atoms with E-state index in [1.54, 1.807) is 0 Å². The van der Waals surface area contributed by atoms with Gasteiger partial charge < -0.3 is 0 Å². The van der Waals surface area contributed by atoms with E-state index in [1.165, 1.54) is 67.2 Å². The summed E-state index contributed by atoms with van der Waals surface area (Å²) in [5.41, 5.74) is 15.4. The van der Waals surface area contributed by atoms with Crippen molar-refractivity contribution in [2.24, 2.45) is 7.05 Å². The second-order valence-corrected chi connectivity index (χ2v) is 11.2. The van der Waals surface area contributed by atoms with Crippen molar-refractivity contribution in [2.75, 3.05) is 0 Å². The first-order valence-corrected chi connectivity index (χ1v) is 13.5. The Balaban J connectivity index is 0.00000294. The summed E-state index contributed by atoms with van der Waals surface area (Å²) in [6.45, 7) is 13.5. The largest absolute Gasteiger partial charge is 0.295 e. The zero-order valence-electron chi connectivity index (χ0n) is 23.1. The smallest absolute Gasteiger partial charge is 0.257 e. The van der Waals surface area contributed by atoms with Crippen LogP contribution in [0, 0.1) is 13.8 Å². The number of rotatable bonds is 4. The molecule has 1 aliphatic carbocycles. The molecule has 0 saturated heterocycles. The molecule has 3 nitrogen and oxygen atoms in total. The van der Waals surface area contributed by atoms with Gasteiger partial charge in [-0.15, -0.1) is 0 Å². The molecule has 0 radical (unpaired) electrons. The summed E-state index contributed by atoms with van der Waals surface area (Å²) in [5.74, 6) is 2.05. The Hall–Kier alpha value is -3.72. The van der Waals surface area contributed by atoms with Gasteiger partial charge in [-0.3, -0.25) is 4.98 Å². The average Bonchev–Trinajstić information content (AvgIpc) is 3.35. The van der Waals surface area contributed by atoms with Gasteiger partial charge in [0.15, 0.2) is 11.0 Å². The van der Waals surface area contributed by atoms with Crippen molar-refractivity contribution < 1.29 is 4.57 Å². The topological polar surface area (TPSA) is 21.7 Å². The maximum absolute atomic E-state index is 4.88. The Morgan fingerprint density at radius 2 is 1.47 bits per heavy atom. The van der Waals surface area contributed by atoms with E-state index in [1.807, 2.05) is 0 Å². The monoisotopic (exact) mass is 502 g/mol. The molecule has 5 aromatic rings. The average molecular weight is 503 g/mol. The Morgan fingerprint density at radius 1 is 0.789 bits per heavy atom. The quantitative estimate of drug-likeness (QED) is 0.221. The molecule has 0 aliphatic heterocycles. The second-order valence-electron chi connectivity index (χ2n) is 11.2. The number of aromatic nitrogens is 3. The third-order valence-corrected chi connectivity index (χ3v) is 8.05. The van der Waals surface area contributed by atoms with Crippen molar-refractivity contribution in [1.29, 1.82) is 0 Å². The first-order chi connectivity index (χ1) is 17.8. The van der Waals surface area contributed by atoms with Crippen LogP contribution in [0.4, 0.5) is 0 Å². The van der Waals surface area contributed by atoms with Gasteiger partial charge in [0.1, 0.15) is 5.69 Å². The zero-order valence-corrected chi connectivity index (χ0v) is 23.1. The van der Waals surface area contributed by atoms with Crippen LogP contribution in [0.1, 0.15) is 80.6 Å². The minimum Gasteiger partial charge on any atom is -0.257 e. The van der Waals surface area contributed by atoms with E-state index in [2.05, 4.69) is 124 Å². The van der Waals surface area contributed by atoms with E-state index in [0.29, 0.717) is 11.8 Å². The molecule has 3 heteroatoms. The molecule has 0 atom stereocenters. The van der Waals surface area contributed by atoms with E-state index in [9.17, 15) is 0 Å². The summed E-state index contributed by atoms with van der Waals surface area (Å²) in [6, 6.07) is 24.9. The lowest BCUT2D eigenvalue weighted by Gasteiger charge is -2.18. The fraction of sp³-hybridized carbons (Fsp3) is 0.314. The minimum atomic E-state index is 0. The molecule has 2 aromatic heterocycles. The van der Waals surface area contributed by atoms with E-state index >= 15 is 0 Å². The third kappa shape index (κ3) is 3.88. The number of fused-ring (bicyclic) bond motifs is 4. The van der Waals surface area contributed by atoms with Crippen molar-refractivity contribution in [1.82, 2.24) is 9.55 Å². The summed E-state index contributed by atoms with van der Waals surface area (Å²) >= 11 is 0. The Morgan fingerprint density at radius 3 is 2.13 bits per heavy atom. The summed E-state index contributed by atoms with van der Waals surface area (Å²) in [7, 11) is 2.23. The molecular formula is C35H40N3+. The number of nitrogens with zero attached hydrogens (tertiary/aromatic N) is 3.